The van der Waals surface area contributed by atoms with Gasteiger partial charge in [0, 0.05) is 39.7 Å². The van der Waals surface area contributed by atoms with Crippen molar-refractivity contribution in [2.45, 2.75) is 52.0 Å². The second-order valence-corrected chi connectivity index (χ2v) is 6.98. The van der Waals surface area contributed by atoms with Gasteiger partial charge in [-0.1, -0.05) is 19.8 Å². The van der Waals surface area contributed by atoms with E-state index >= 15 is 0 Å². The highest BCUT2D eigenvalue weighted by Gasteiger charge is 2.08. The molecule has 1 aliphatic heterocycles. The van der Waals surface area contributed by atoms with Crippen LogP contribution in [0.15, 0.2) is 11.3 Å². The number of hydrogen-bond donors (Lipinski definition) is 2. The van der Waals surface area contributed by atoms with Gasteiger partial charge in [0.05, 0.1) is 6.61 Å². The predicted octanol–water partition coefficient (Wildman–Crippen LogP) is 1.91. The Bertz CT molecular complexity index is 530. The molecule has 0 aromatic carbocycles. The van der Waals surface area contributed by atoms with Crippen LogP contribution in [-0.4, -0.2) is 78.6 Å². The van der Waals surface area contributed by atoms with Crippen LogP contribution in [0.25, 0.3) is 0 Å². The van der Waals surface area contributed by atoms with Gasteiger partial charge in [-0.25, -0.2) is 0 Å². The minimum atomic E-state index is 0. The van der Waals surface area contributed by atoms with Crippen LogP contribution < -0.4 is 10.6 Å². The van der Waals surface area contributed by atoms with Crippen molar-refractivity contribution in [3.05, 3.63) is 12.2 Å². The molecule has 28 heavy (non-hydrogen) atoms. The predicted molar refractivity (Wildman–Crippen MR) is 125 cm³/mol. The van der Waals surface area contributed by atoms with E-state index in [9.17, 15) is 0 Å². The number of ether oxygens (including phenoxy) is 1. The summed E-state index contributed by atoms with van der Waals surface area (Å²) in [6, 6.07) is 0. The minimum absolute atomic E-state index is 0. The van der Waals surface area contributed by atoms with Gasteiger partial charge in [-0.2, -0.15) is 0 Å². The lowest BCUT2D eigenvalue weighted by Gasteiger charge is -2.19. The molecule has 1 aliphatic rings. The molecular weight excluding hydrogens is 469 g/mol. The number of rotatable bonds is 11. The van der Waals surface area contributed by atoms with Crippen molar-refractivity contribution in [3.63, 3.8) is 0 Å². The van der Waals surface area contributed by atoms with Gasteiger partial charge in [0.2, 0.25) is 0 Å². The normalized spacial score (nSPS) is 15.7. The first-order chi connectivity index (χ1) is 13.3. The second-order valence-electron chi connectivity index (χ2n) is 6.98. The highest BCUT2D eigenvalue weighted by molar-refractivity contribution is 14.0. The molecule has 9 heteroatoms. The van der Waals surface area contributed by atoms with E-state index in [1.807, 2.05) is 0 Å². The summed E-state index contributed by atoms with van der Waals surface area (Å²) in [4.78, 5) is 7.33. The number of hydrogen-bond acceptors (Lipinski definition) is 5. The zero-order valence-corrected chi connectivity index (χ0v) is 19.9. The number of aryl methyl sites for hydroxylation is 1. The van der Waals surface area contributed by atoms with Crippen LogP contribution in [0.4, 0.5) is 0 Å². The second kappa shape index (κ2) is 15.9. The number of halogens is 1. The fraction of sp³-hybridized carbons (Fsp3) is 0.842. The Labute approximate surface area is 186 Å². The van der Waals surface area contributed by atoms with E-state index in [1.54, 1.807) is 13.4 Å². The molecule has 1 fully saturated rings. The summed E-state index contributed by atoms with van der Waals surface area (Å²) in [5.74, 6) is 1.87. The van der Waals surface area contributed by atoms with Crippen molar-refractivity contribution in [1.29, 1.82) is 0 Å². The molecule has 1 aromatic heterocycles. The first-order valence-electron chi connectivity index (χ1n) is 10.4. The number of methoxy groups -OCH3 is 1. The summed E-state index contributed by atoms with van der Waals surface area (Å²) in [5.41, 5.74) is 0. The lowest BCUT2D eigenvalue weighted by molar-refractivity contribution is 0.203. The summed E-state index contributed by atoms with van der Waals surface area (Å²) in [6.07, 6.45) is 9.24. The van der Waals surface area contributed by atoms with Crippen LogP contribution in [-0.2, 0) is 17.7 Å². The van der Waals surface area contributed by atoms with Crippen LogP contribution in [0.2, 0.25) is 0 Å². The van der Waals surface area contributed by atoms with E-state index in [1.165, 1.54) is 38.8 Å². The SMILES string of the molecule is CCc1nncn1CCNC(=NCCCN1CCCCCC1)NCCOC.I. The molecular formula is C19H38IN7O. The third-order valence-electron chi connectivity index (χ3n) is 4.86. The topological polar surface area (TPSA) is 79.6 Å². The van der Waals surface area contributed by atoms with Gasteiger partial charge < -0.3 is 24.8 Å². The molecule has 162 valence electrons. The molecule has 0 atom stereocenters. The van der Waals surface area contributed by atoms with Crippen molar-refractivity contribution in [1.82, 2.24) is 30.3 Å². The van der Waals surface area contributed by atoms with Crippen molar-refractivity contribution >= 4 is 29.9 Å². The Kier molecular flexibility index (Phi) is 14.3. The maximum atomic E-state index is 5.13. The zero-order valence-electron chi connectivity index (χ0n) is 17.5. The molecule has 2 N–H and O–H groups in total. The number of nitrogens with one attached hydrogen (secondary N) is 2. The molecule has 0 aliphatic carbocycles. The Morgan fingerprint density at radius 2 is 1.89 bits per heavy atom. The third kappa shape index (κ3) is 10.0. The summed E-state index contributed by atoms with van der Waals surface area (Å²) < 4.78 is 7.21. The smallest absolute Gasteiger partial charge is 0.191 e. The van der Waals surface area contributed by atoms with Crippen molar-refractivity contribution < 1.29 is 4.74 Å². The Morgan fingerprint density at radius 3 is 2.61 bits per heavy atom. The van der Waals surface area contributed by atoms with Gasteiger partial charge in [0.15, 0.2) is 5.96 Å². The van der Waals surface area contributed by atoms with E-state index in [0.29, 0.717) is 6.61 Å². The number of guanidine groups is 1. The van der Waals surface area contributed by atoms with Crippen LogP contribution in [0.5, 0.6) is 0 Å². The standard InChI is InChI=1S/C19H37N7O.HI/c1-3-18-24-23-17-26(18)15-10-21-19(22-11-16-27-2)20-9-8-14-25-12-6-4-5-7-13-25;/h17H,3-16H2,1-2H3,(H2,20,21,22);1H. The van der Waals surface area contributed by atoms with E-state index in [0.717, 1.165) is 57.3 Å². The number of nitrogens with zero attached hydrogens (tertiary/aromatic N) is 5. The van der Waals surface area contributed by atoms with E-state index < -0.39 is 0 Å². The molecule has 1 aromatic rings. The molecule has 0 amide bonds. The van der Waals surface area contributed by atoms with Gasteiger partial charge >= 0.3 is 0 Å². The van der Waals surface area contributed by atoms with E-state index in [4.69, 9.17) is 9.73 Å². The zero-order chi connectivity index (χ0) is 19.2. The highest BCUT2D eigenvalue weighted by atomic mass is 127. The van der Waals surface area contributed by atoms with Crippen molar-refractivity contribution in [2.75, 3.05) is 53.0 Å². The summed E-state index contributed by atoms with van der Waals surface area (Å²) in [6.45, 7) is 9.61. The molecule has 0 saturated carbocycles. The minimum Gasteiger partial charge on any atom is -0.383 e. The first-order valence-corrected chi connectivity index (χ1v) is 10.4. The number of aromatic nitrogens is 3. The molecule has 8 nitrogen and oxygen atoms in total. The first kappa shape index (κ1) is 25.1. The Hall–Kier alpha value is -0.940. The molecule has 0 bridgehead atoms. The number of aliphatic imine (C=N–C) groups is 1. The molecule has 2 heterocycles. The van der Waals surface area contributed by atoms with Gasteiger partial charge in [-0.3, -0.25) is 4.99 Å². The average molecular weight is 507 g/mol. The van der Waals surface area contributed by atoms with Crippen LogP contribution in [0.3, 0.4) is 0 Å². The molecule has 1 saturated heterocycles. The van der Waals surface area contributed by atoms with Crippen LogP contribution >= 0.6 is 24.0 Å². The van der Waals surface area contributed by atoms with Crippen molar-refractivity contribution in [3.8, 4) is 0 Å². The van der Waals surface area contributed by atoms with Crippen LogP contribution in [0, 0.1) is 0 Å². The monoisotopic (exact) mass is 507 g/mol. The maximum Gasteiger partial charge on any atom is 0.191 e. The molecule has 2 rings (SSSR count). The molecule has 0 spiro atoms. The number of likely N-dealkylation sites (tertiary alicyclic amines) is 1. The summed E-state index contributed by atoms with van der Waals surface area (Å²) >= 11 is 0. The van der Waals surface area contributed by atoms with Crippen molar-refractivity contribution in [2.24, 2.45) is 4.99 Å². The van der Waals surface area contributed by atoms with Gasteiger partial charge in [0.1, 0.15) is 12.2 Å². The lowest BCUT2D eigenvalue weighted by atomic mass is 10.2. The van der Waals surface area contributed by atoms with E-state index in [-0.39, 0.29) is 24.0 Å². The fourth-order valence-electron chi connectivity index (χ4n) is 3.32. The van der Waals surface area contributed by atoms with Gasteiger partial charge in [-0.05, 0) is 38.9 Å². The lowest BCUT2D eigenvalue weighted by Crippen LogP contribution is -2.40. The Morgan fingerprint density at radius 1 is 1.14 bits per heavy atom. The molecule has 0 radical (unpaired) electrons. The molecule has 0 unspecified atom stereocenters. The summed E-state index contributed by atoms with van der Waals surface area (Å²) in [7, 11) is 1.71. The largest absolute Gasteiger partial charge is 0.383 e. The third-order valence-corrected chi connectivity index (χ3v) is 4.86. The van der Waals surface area contributed by atoms with E-state index in [2.05, 4.69) is 37.2 Å². The van der Waals surface area contributed by atoms with Gasteiger partial charge in [0.25, 0.3) is 0 Å². The average Bonchev–Trinajstić information content (AvgIpc) is 2.98. The van der Waals surface area contributed by atoms with Crippen LogP contribution in [0.1, 0.15) is 44.9 Å². The maximum absolute atomic E-state index is 5.13. The fourth-order valence-corrected chi connectivity index (χ4v) is 3.32. The Balaban J connectivity index is 0.00000392. The summed E-state index contributed by atoms with van der Waals surface area (Å²) in [5, 5.41) is 14.9. The quantitative estimate of drug-likeness (QED) is 0.206. The van der Waals surface area contributed by atoms with Gasteiger partial charge in [-0.15, -0.1) is 34.2 Å². The highest BCUT2D eigenvalue weighted by Crippen LogP contribution is 2.09.